The summed E-state index contributed by atoms with van der Waals surface area (Å²) in [5, 5.41) is 0. The number of nitrogens with zero attached hydrogens (tertiary/aromatic N) is 1. The van der Waals surface area contributed by atoms with E-state index in [1.54, 1.807) is 6.92 Å². The summed E-state index contributed by atoms with van der Waals surface area (Å²) in [5.41, 5.74) is 10.4. The van der Waals surface area contributed by atoms with E-state index in [-0.39, 0.29) is 5.56 Å². The van der Waals surface area contributed by atoms with Gasteiger partial charge in [0.2, 0.25) is 11.8 Å². The van der Waals surface area contributed by atoms with Crippen molar-refractivity contribution in [1.29, 1.82) is 0 Å². The monoisotopic (exact) mass is 267 g/mol. The van der Waals surface area contributed by atoms with E-state index in [9.17, 15) is 18.8 Å². The molecule has 4 N–H and O–H groups in total. The lowest BCUT2D eigenvalue weighted by atomic mass is 10.1. The molecule has 0 radical (unpaired) electrons. The van der Waals surface area contributed by atoms with E-state index in [4.69, 9.17) is 11.5 Å². The largest absolute Gasteiger partial charge is 0.368 e. The van der Waals surface area contributed by atoms with Gasteiger partial charge >= 0.3 is 0 Å². The Labute approximate surface area is 109 Å². The molecule has 0 aromatic heterocycles. The van der Waals surface area contributed by atoms with E-state index in [0.29, 0.717) is 5.56 Å². The van der Waals surface area contributed by atoms with Crippen LogP contribution in [0.5, 0.6) is 0 Å². The maximum absolute atomic E-state index is 13.6. The first-order valence-corrected chi connectivity index (χ1v) is 5.43. The van der Waals surface area contributed by atoms with E-state index >= 15 is 0 Å². The highest BCUT2D eigenvalue weighted by Gasteiger charge is 2.22. The Kier molecular flexibility index (Phi) is 4.57. The predicted octanol–water partition coefficient (Wildman–Crippen LogP) is -0.453. The highest BCUT2D eigenvalue weighted by atomic mass is 19.1. The third-order valence-electron chi connectivity index (χ3n) is 2.33. The Morgan fingerprint density at radius 1 is 1.16 bits per heavy atom. The molecule has 0 aliphatic heterocycles. The zero-order valence-electron chi connectivity index (χ0n) is 10.4. The summed E-state index contributed by atoms with van der Waals surface area (Å²) in [6.45, 7) is 0.674. The quantitative estimate of drug-likeness (QED) is 0.754. The fourth-order valence-electron chi connectivity index (χ4n) is 1.55. The molecule has 1 aromatic carbocycles. The average molecular weight is 267 g/mol. The molecule has 1 aromatic rings. The van der Waals surface area contributed by atoms with Crippen molar-refractivity contribution < 1.29 is 18.8 Å². The van der Waals surface area contributed by atoms with Crippen molar-refractivity contribution >= 4 is 17.7 Å². The number of hydrogen-bond acceptors (Lipinski definition) is 3. The van der Waals surface area contributed by atoms with Crippen LogP contribution in [0.1, 0.15) is 15.9 Å². The van der Waals surface area contributed by atoms with Crippen LogP contribution in [0.25, 0.3) is 0 Å². The third kappa shape index (κ3) is 4.06. The van der Waals surface area contributed by atoms with Gasteiger partial charge in [-0.25, -0.2) is 4.39 Å². The van der Waals surface area contributed by atoms with Crippen LogP contribution >= 0.6 is 0 Å². The van der Waals surface area contributed by atoms with E-state index < -0.39 is 36.6 Å². The SMILES string of the molecule is Cc1ccc(F)c(C(=O)N(CC(N)=O)CC(N)=O)c1. The van der Waals surface area contributed by atoms with Crippen LogP contribution in [-0.2, 0) is 9.59 Å². The Bertz CT molecular complexity index is 515. The lowest BCUT2D eigenvalue weighted by Gasteiger charge is -2.19. The Morgan fingerprint density at radius 2 is 1.68 bits per heavy atom. The highest BCUT2D eigenvalue weighted by Crippen LogP contribution is 2.12. The first-order valence-electron chi connectivity index (χ1n) is 5.43. The van der Waals surface area contributed by atoms with Gasteiger partial charge in [-0.2, -0.15) is 0 Å². The van der Waals surface area contributed by atoms with Crippen LogP contribution in [0.2, 0.25) is 0 Å². The molecule has 0 fully saturated rings. The molecular formula is C12H14FN3O3. The minimum absolute atomic E-state index is 0.234. The Morgan fingerprint density at radius 3 is 2.16 bits per heavy atom. The number of hydrogen-bond donors (Lipinski definition) is 2. The predicted molar refractivity (Wildman–Crippen MR) is 65.4 cm³/mol. The lowest BCUT2D eigenvalue weighted by Crippen LogP contribution is -2.43. The van der Waals surface area contributed by atoms with Crippen LogP contribution in [0.3, 0.4) is 0 Å². The number of carbonyl (C=O) groups is 3. The van der Waals surface area contributed by atoms with Crippen molar-refractivity contribution in [2.45, 2.75) is 6.92 Å². The summed E-state index contributed by atoms with van der Waals surface area (Å²) in [4.78, 5) is 34.6. The summed E-state index contributed by atoms with van der Waals surface area (Å²) in [7, 11) is 0. The van der Waals surface area contributed by atoms with Gasteiger partial charge in [-0.15, -0.1) is 0 Å². The molecule has 1 rings (SSSR count). The van der Waals surface area contributed by atoms with Crippen molar-refractivity contribution in [3.63, 3.8) is 0 Å². The molecule has 19 heavy (non-hydrogen) atoms. The summed E-state index contributed by atoms with van der Waals surface area (Å²) in [6, 6.07) is 3.96. The second-order valence-electron chi connectivity index (χ2n) is 4.08. The number of primary amides is 2. The molecular weight excluding hydrogens is 253 g/mol. The number of rotatable bonds is 5. The van der Waals surface area contributed by atoms with Gasteiger partial charge in [-0.05, 0) is 19.1 Å². The first kappa shape index (κ1) is 14.6. The molecule has 0 saturated carbocycles. The molecule has 3 amide bonds. The zero-order chi connectivity index (χ0) is 14.6. The highest BCUT2D eigenvalue weighted by molar-refractivity contribution is 5.98. The lowest BCUT2D eigenvalue weighted by molar-refractivity contribution is -0.121. The van der Waals surface area contributed by atoms with Gasteiger partial charge < -0.3 is 16.4 Å². The second-order valence-corrected chi connectivity index (χ2v) is 4.08. The van der Waals surface area contributed by atoms with Crippen molar-refractivity contribution in [2.24, 2.45) is 11.5 Å². The van der Waals surface area contributed by atoms with Gasteiger partial charge in [-0.1, -0.05) is 11.6 Å². The smallest absolute Gasteiger partial charge is 0.257 e. The molecule has 0 unspecified atom stereocenters. The van der Waals surface area contributed by atoms with E-state index in [1.165, 1.54) is 12.1 Å². The summed E-state index contributed by atoms with van der Waals surface area (Å²) >= 11 is 0. The van der Waals surface area contributed by atoms with Gasteiger partial charge in [0.05, 0.1) is 5.56 Å². The fourth-order valence-corrected chi connectivity index (χ4v) is 1.55. The topological polar surface area (TPSA) is 106 Å². The summed E-state index contributed by atoms with van der Waals surface area (Å²) in [6.07, 6.45) is 0. The molecule has 0 atom stereocenters. The maximum atomic E-state index is 13.6. The zero-order valence-corrected chi connectivity index (χ0v) is 10.4. The molecule has 0 spiro atoms. The minimum Gasteiger partial charge on any atom is -0.368 e. The van der Waals surface area contributed by atoms with Gasteiger partial charge in [0.25, 0.3) is 5.91 Å². The molecule has 0 heterocycles. The first-order chi connectivity index (χ1) is 8.81. The van der Waals surface area contributed by atoms with E-state index in [2.05, 4.69) is 0 Å². The second kappa shape index (κ2) is 5.94. The van der Waals surface area contributed by atoms with Crippen molar-refractivity contribution in [1.82, 2.24) is 4.90 Å². The molecule has 0 bridgehead atoms. The molecule has 102 valence electrons. The van der Waals surface area contributed by atoms with Crippen molar-refractivity contribution in [3.8, 4) is 0 Å². The number of aryl methyl sites for hydroxylation is 1. The fraction of sp³-hybridized carbons (Fsp3) is 0.250. The van der Waals surface area contributed by atoms with Crippen molar-refractivity contribution in [3.05, 3.63) is 35.1 Å². The number of carbonyl (C=O) groups excluding carboxylic acids is 3. The average Bonchev–Trinajstić information content (AvgIpc) is 2.29. The molecule has 6 nitrogen and oxygen atoms in total. The number of nitrogens with two attached hydrogens (primary N) is 2. The van der Waals surface area contributed by atoms with Crippen LogP contribution in [0.4, 0.5) is 4.39 Å². The van der Waals surface area contributed by atoms with Gasteiger partial charge in [0.1, 0.15) is 18.9 Å². The number of amides is 3. The van der Waals surface area contributed by atoms with Crippen LogP contribution < -0.4 is 11.5 Å². The van der Waals surface area contributed by atoms with E-state index in [1.807, 2.05) is 0 Å². The van der Waals surface area contributed by atoms with Gasteiger partial charge in [0, 0.05) is 0 Å². The normalized spacial score (nSPS) is 10.0. The van der Waals surface area contributed by atoms with Gasteiger partial charge in [-0.3, -0.25) is 14.4 Å². The molecule has 0 aliphatic rings. The third-order valence-corrected chi connectivity index (χ3v) is 2.33. The Hall–Kier alpha value is -2.44. The van der Waals surface area contributed by atoms with E-state index in [0.717, 1.165) is 11.0 Å². The number of halogens is 1. The number of benzene rings is 1. The standard InChI is InChI=1S/C12H14FN3O3/c1-7-2-3-9(13)8(4-7)12(19)16(5-10(14)17)6-11(15)18/h2-4H,5-6H2,1H3,(H2,14,17)(H2,15,18). The van der Waals surface area contributed by atoms with Gasteiger partial charge in [0.15, 0.2) is 0 Å². The molecule has 0 saturated heterocycles. The minimum atomic E-state index is -0.817. The summed E-state index contributed by atoms with van der Waals surface area (Å²) < 4.78 is 13.6. The summed E-state index contributed by atoms with van der Waals surface area (Å²) in [5.74, 6) is -3.18. The van der Waals surface area contributed by atoms with Crippen LogP contribution in [0.15, 0.2) is 18.2 Å². The van der Waals surface area contributed by atoms with Crippen LogP contribution in [-0.4, -0.2) is 35.7 Å². The Balaban J connectivity index is 3.07. The van der Waals surface area contributed by atoms with Crippen molar-refractivity contribution in [2.75, 3.05) is 13.1 Å². The molecule has 0 aliphatic carbocycles. The maximum Gasteiger partial charge on any atom is 0.257 e. The molecule has 7 heteroatoms. The van der Waals surface area contributed by atoms with Crippen LogP contribution in [0, 0.1) is 12.7 Å².